The highest BCUT2D eigenvalue weighted by Crippen LogP contribution is 2.52. The number of esters is 1. The summed E-state index contributed by atoms with van der Waals surface area (Å²) in [6.07, 6.45) is 5.12. The van der Waals surface area contributed by atoms with Gasteiger partial charge in [0.15, 0.2) is 0 Å². The van der Waals surface area contributed by atoms with Crippen LogP contribution < -0.4 is 5.32 Å². The van der Waals surface area contributed by atoms with Crippen LogP contribution in [-0.4, -0.2) is 13.1 Å². The summed E-state index contributed by atoms with van der Waals surface area (Å²) in [6.45, 7) is 2.00. The van der Waals surface area contributed by atoms with Crippen molar-refractivity contribution < 1.29 is 13.9 Å². The molecule has 128 valence electrons. The van der Waals surface area contributed by atoms with Gasteiger partial charge in [0, 0.05) is 17.2 Å². The second kappa shape index (κ2) is 6.03. The van der Waals surface area contributed by atoms with Gasteiger partial charge in [0.25, 0.3) is 0 Å². The fraction of sp³-hybridized carbons (Fsp3) is 0.286. The summed E-state index contributed by atoms with van der Waals surface area (Å²) >= 11 is 0. The molecule has 2 aromatic rings. The lowest BCUT2D eigenvalue weighted by Gasteiger charge is -2.39. The summed E-state index contributed by atoms with van der Waals surface area (Å²) in [5.41, 5.74) is 4.20. The molecule has 0 radical (unpaired) electrons. The molecule has 2 aliphatic rings. The smallest absolute Gasteiger partial charge is 0.338 e. The predicted molar refractivity (Wildman–Crippen MR) is 95.3 cm³/mol. The Bertz CT molecular complexity index is 874. The summed E-state index contributed by atoms with van der Waals surface area (Å²) in [6, 6.07) is 10.5. The average Bonchev–Trinajstić information content (AvgIpc) is 3.11. The Morgan fingerprint density at radius 2 is 2.04 bits per heavy atom. The first-order valence-corrected chi connectivity index (χ1v) is 8.51. The van der Waals surface area contributed by atoms with Gasteiger partial charge in [-0.1, -0.05) is 36.4 Å². The quantitative estimate of drug-likeness (QED) is 0.635. The number of fused-ring (bicyclic) bond motifs is 3. The van der Waals surface area contributed by atoms with Crippen LogP contribution in [0, 0.1) is 18.7 Å². The second-order valence-corrected chi connectivity index (χ2v) is 6.71. The Labute approximate surface area is 146 Å². The summed E-state index contributed by atoms with van der Waals surface area (Å²) in [5.74, 6) is -0.276. The van der Waals surface area contributed by atoms with E-state index in [0.717, 1.165) is 23.2 Å². The van der Waals surface area contributed by atoms with E-state index < -0.39 is 0 Å². The highest BCUT2D eigenvalue weighted by Gasteiger charge is 2.41. The number of hydrogen-bond acceptors (Lipinski definition) is 3. The third kappa shape index (κ3) is 2.44. The Kier molecular flexibility index (Phi) is 3.83. The molecule has 1 heterocycles. The van der Waals surface area contributed by atoms with Crippen LogP contribution in [0.15, 0.2) is 48.6 Å². The van der Waals surface area contributed by atoms with Crippen LogP contribution in [0.3, 0.4) is 0 Å². The van der Waals surface area contributed by atoms with Crippen molar-refractivity contribution in [3.8, 4) is 0 Å². The number of carbonyl (C=O) groups excluding carboxylic acids is 1. The average molecular weight is 337 g/mol. The second-order valence-electron chi connectivity index (χ2n) is 6.71. The van der Waals surface area contributed by atoms with E-state index in [2.05, 4.69) is 17.5 Å². The van der Waals surface area contributed by atoms with E-state index in [1.54, 1.807) is 6.07 Å². The molecule has 4 rings (SSSR count). The minimum Gasteiger partial charge on any atom is -0.465 e. The molecule has 1 aliphatic heterocycles. The molecule has 1 aliphatic carbocycles. The number of ether oxygens (including phenoxy) is 1. The number of anilines is 1. The molecule has 0 fully saturated rings. The van der Waals surface area contributed by atoms with E-state index >= 15 is 0 Å². The van der Waals surface area contributed by atoms with Crippen LogP contribution in [0.5, 0.6) is 0 Å². The summed E-state index contributed by atoms with van der Waals surface area (Å²) in [4.78, 5) is 12.3. The van der Waals surface area contributed by atoms with Crippen LogP contribution in [0.2, 0.25) is 0 Å². The van der Waals surface area contributed by atoms with Gasteiger partial charge in [-0.05, 0) is 42.5 Å². The Balaban J connectivity index is 1.89. The zero-order chi connectivity index (χ0) is 17.6. The van der Waals surface area contributed by atoms with Gasteiger partial charge < -0.3 is 10.1 Å². The summed E-state index contributed by atoms with van der Waals surface area (Å²) in [5, 5.41) is 3.53. The van der Waals surface area contributed by atoms with E-state index in [0.29, 0.717) is 11.1 Å². The molecule has 0 amide bonds. The lowest BCUT2D eigenvalue weighted by molar-refractivity contribution is 0.0598. The number of rotatable bonds is 2. The minimum absolute atomic E-state index is 0.0786. The molecule has 0 aromatic heterocycles. The molecular formula is C21H20FNO2. The lowest BCUT2D eigenvalue weighted by Crippen LogP contribution is -2.31. The zero-order valence-electron chi connectivity index (χ0n) is 14.3. The van der Waals surface area contributed by atoms with Crippen LogP contribution in [0.1, 0.15) is 45.4 Å². The van der Waals surface area contributed by atoms with Gasteiger partial charge in [0.2, 0.25) is 0 Å². The van der Waals surface area contributed by atoms with Crippen molar-refractivity contribution in [3.63, 3.8) is 0 Å². The standard InChI is InChI=1S/C21H20FNO2/c1-12-10-11-16(21(24)25-2)18-13-7-5-8-14(13)20(23-19(12)18)15-6-3-4-9-17(15)22/h3-7,9-11,13-14,20,23H,8H2,1-2H3/t13-,14+,20-/m0/s1. The van der Waals surface area contributed by atoms with Crippen LogP contribution >= 0.6 is 0 Å². The third-order valence-corrected chi connectivity index (χ3v) is 5.37. The maximum Gasteiger partial charge on any atom is 0.338 e. The van der Waals surface area contributed by atoms with Gasteiger partial charge in [-0.3, -0.25) is 0 Å². The Morgan fingerprint density at radius 1 is 1.24 bits per heavy atom. The minimum atomic E-state index is -0.332. The number of allylic oxidation sites excluding steroid dienone is 2. The summed E-state index contributed by atoms with van der Waals surface area (Å²) < 4.78 is 19.4. The number of benzene rings is 2. The largest absolute Gasteiger partial charge is 0.465 e. The predicted octanol–water partition coefficient (Wildman–Crippen LogP) is 4.75. The fourth-order valence-corrected chi connectivity index (χ4v) is 4.18. The monoisotopic (exact) mass is 337 g/mol. The van der Waals surface area contributed by atoms with Gasteiger partial charge in [0.1, 0.15) is 5.82 Å². The number of nitrogens with one attached hydrogen (secondary N) is 1. The van der Waals surface area contributed by atoms with Gasteiger partial charge in [-0.25, -0.2) is 9.18 Å². The number of carbonyl (C=O) groups is 1. The Hall–Kier alpha value is -2.62. The SMILES string of the molecule is COC(=O)c1ccc(C)c2c1[C@H]1C=CC[C@H]1[C@@H](c1ccccc1F)N2. The highest BCUT2D eigenvalue weighted by atomic mass is 19.1. The van der Waals surface area contributed by atoms with Crippen LogP contribution in [0.25, 0.3) is 0 Å². The molecule has 4 heteroatoms. The molecule has 0 unspecified atom stereocenters. The molecule has 0 saturated heterocycles. The van der Waals surface area contributed by atoms with Crippen molar-refractivity contribution in [2.45, 2.75) is 25.3 Å². The molecule has 2 aromatic carbocycles. The van der Waals surface area contributed by atoms with Crippen molar-refractivity contribution >= 4 is 11.7 Å². The van der Waals surface area contributed by atoms with E-state index in [4.69, 9.17) is 4.74 Å². The van der Waals surface area contributed by atoms with E-state index in [1.807, 2.05) is 31.2 Å². The maximum atomic E-state index is 14.4. The molecule has 25 heavy (non-hydrogen) atoms. The van der Waals surface area contributed by atoms with E-state index in [9.17, 15) is 9.18 Å². The van der Waals surface area contributed by atoms with Crippen molar-refractivity contribution in [2.24, 2.45) is 5.92 Å². The molecule has 0 spiro atoms. The summed E-state index contributed by atoms with van der Waals surface area (Å²) in [7, 11) is 1.40. The van der Waals surface area contributed by atoms with E-state index in [1.165, 1.54) is 13.2 Å². The molecule has 0 saturated carbocycles. The van der Waals surface area contributed by atoms with Gasteiger partial charge >= 0.3 is 5.97 Å². The first-order valence-electron chi connectivity index (χ1n) is 8.51. The lowest BCUT2D eigenvalue weighted by atomic mass is 9.74. The first kappa shape index (κ1) is 15.9. The van der Waals surface area contributed by atoms with Crippen LogP contribution in [0.4, 0.5) is 10.1 Å². The number of hydrogen-bond donors (Lipinski definition) is 1. The molecule has 1 N–H and O–H groups in total. The topological polar surface area (TPSA) is 38.3 Å². The van der Waals surface area contributed by atoms with Crippen molar-refractivity contribution in [2.75, 3.05) is 12.4 Å². The molecule has 3 nitrogen and oxygen atoms in total. The number of aryl methyl sites for hydroxylation is 1. The fourth-order valence-electron chi connectivity index (χ4n) is 4.18. The van der Waals surface area contributed by atoms with Gasteiger partial charge in [-0.15, -0.1) is 0 Å². The molecule has 3 atom stereocenters. The number of halogens is 1. The van der Waals surface area contributed by atoms with E-state index in [-0.39, 0.29) is 29.7 Å². The first-order chi connectivity index (χ1) is 12.1. The van der Waals surface area contributed by atoms with Crippen molar-refractivity contribution in [1.29, 1.82) is 0 Å². The third-order valence-electron chi connectivity index (χ3n) is 5.37. The normalized spacial score (nSPS) is 23.6. The molecular weight excluding hydrogens is 317 g/mol. The van der Waals surface area contributed by atoms with Gasteiger partial charge in [-0.2, -0.15) is 0 Å². The highest BCUT2D eigenvalue weighted by molar-refractivity contribution is 5.94. The van der Waals surface area contributed by atoms with Crippen LogP contribution in [-0.2, 0) is 4.74 Å². The molecule has 0 bridgehead atoms. The van der Waals surface area contributed by atoms with Gasteiger partial charge in [0.05, 0.1) is 18.7 Å². The zero-order valence-corrected chi connectivity index (χ0v) is 14.3. The maximum absolute atomic E-state index is 14.4. The van der Waals surface area contributed by atoms with Crippen molar-refractivity contribution in [3.05, 3.63) is 76.6 Å². The number of methoxy groups -OCH3 is 1. The van der Waals surface area contributed by atoms with Crippen molar-refractivity contribution in [1.82, 2.24) is 0 Å². The Morgan fingerprint density at radius 3 is 2.80 bits per heavy atom.